The third-order valence-corrected chi connectivity index (χ3v) is 4.56. The van der Waals surface area contributed by atoms with Crippen LogP contribution in [0.15, 0.2) is 47.2 Å². The summed E-state index contributed by atoms with van der Waals surface area (Å²) in [5.41, 5.74) is 4.92. The fourth-order valence-corrected chi connectivity index (χ4v) is 3.31. The van der Waals surface area contributed by atoms with Gasteiger partial charge in [-0.2, -0.15) is 0 Å². The van der Waals surface area contributed by atoms with Crippen LogP contribution in [0.1, 0.15) is 38.2 Å². The van der Waals surface area contributed by atoms with Crippen LogP contribution in [0.3, 0.4) is 0 Å². The number of anilines is 1. The first kappa shape index (κ1) is 15.3. The Bertz CT molecular complexity index is 734. The Hall–Kier alpha value is -2.56. The molecular formula is C18H20N2O3. The molecule has 0 aromatic heterocycles. The number of amides is 1. The average molecular weight is 312 g/mol. The van der Waals surface area contributed by atoms with Crippen LogP contribution in [0.2, 0.25) is 0 Å². The molecule has 2 unspecified atom stereocenters. The first-order valence-electron chi connectivity index (χ1n) is 7.77. The van der Waals surface area contributed by atoms with Crippen LogP contribution in [0.25, 0.3) is 0 Å². The molecule has 23 heavy (non-hydrogen) atoms. The number of benzene rings is 1. The predicted molar refractivity (Wildman–Crippen MR) is 88.1 cm³/mol. The molecular weight excluding hydrogens is 292 g/mol. The summed E-state index contributed by atoms with van der Waals surface area (Å²) in [4.78, 5) is 23.0. The van der Waals surface area contributed by atoms with Gasteiger partial charge >= 0.3 is 5.97 Å². The highest BCUT2D eigenvalue weighted by molar-refractivity contribution is 6.04. The highest BCUT2D eigenvalue weighted by Crippen LogP contribution is 2.36. The lowest BCUT2D eigenvalue weighted by molar-refractivity contribution is -0.137. The van der Waals surface area contributed by atoms with Crippen molar-refractivity contribution in [1.82, 2.24) is 5.32 Å². The minimum Gasteiger partial charge on any atom is -0.481 e. The Kier molecular flexibility index (Phi) is 3.94. The van der Waals surface area contributed by atoms with Crippen LogP contribution in [-0.2, 0) is 9.59 Å². The van der Waals surface area contributed by atoms with Gasteiger partial charge in [-0.05, 0) is 49.1 Å². The third kappa shape index (κ3) is 2.86. The topological polar surface area (TPSA) is 78.4 Å². The highest BCUT2D eigenvalue weighted by atomic mass is 16.4. The van der Waals surface area contributed by atoms with E-state index >= 15 is 0 Å². The van der Waals surface area contributed by atoms with Crippen molar-refractivity contribution >= 4 is 17.6 Å². The summed E-state index contributed by atoms with van der Waals surface area (Å²) in [7, 11) is 0. The zero-order chi connectivity index (χ0) is 16.6. The lowest BCUT2D eigenvalue weighted by Gasteiger charge is -2.10. The van der Waals surface area contributed by atoms with Crippen molar-refractivity contribution in [3.63, 3.8) is 0 Å². The van der Waals surface area contributed by atoms with Crippen LogP contribution in [0, 0.1) is 0 Å². The van der Waals surface area contributed by atoms with E-state index in [9.17, 15) is 9.59 Å². The quantitative estimate of drug-likeness (QED) is 0.799. The second-order valence-electron chi connectivity index (χ2n) is 6.04. The van der Waals surface area contributed by atoms with Gasteiger partial charge < -0.3 is 15.7 Å². The zero-order valence-electron chi connectivity index (χ0n) is 13.2. The fourth-order valence-electron chi connectivity index (χ4n) is 3.31. The van der Waals surface area contributed by atoms with E-state index in [-0.39, 0.29) is 24.3 Å². The smallest absolute Gasteiger partial charge is 0.303 e. The standard InChI is InChI=1S/C18H20N2O3/c1-10-12(7-8-17(21)22)11(2)19-16(10)9-14-13-5-3-4-6-15(13)20-18(14)23/h3-6,9,11,14,19H,7-8H2,1-2H3,(H,20,23)(H,21,22). The zero-order valence-corrected chi connectivity index (χ0v) is 13.2. The molecule has 0 radical (unpaired) electrons. The number of carboxylic acids is 1. The lowest BCUT2D eigenvalue weighted by Crippen LogP contribution is -2.21. The first-order chi connectivity index (χ1) is 11.0. The number of hydrogen-bond donors (Lipinski definition) is 3. The molecule has 0 fully saturated rings. The highest BCUT2D eigenvalue weighted by Gasteiger charge is 2.31. The third-order valence-electron chi connectivity index (χ3n) is 4.56. The van der Waals surface area contributed by atoms with E-state index in [1.165, 1.54) is 0 Å². The van der Waals surface area contributed by atoms with Crippen LogP contribution in [0.4, 0.5) is 5.69 Å². The summed E-state index contributed by atoms with van der Waals surface area (Å²) >= 11 is 0. The van der Waals surface area contributed by atoms with Crippen molar-refractivity contribution in [2.24, 2.45) is 0 Å². The first-order valence-corrected chi connectivity index (χ1v) is 7.77. The second-order valence-corrected chi connectivity index (χ2v) is 6.04. The molecule has 1 aromatic rings. The average Bonchev–Trinajstić information content (AvgIpc) is 2.95. The molecule has 1 aromatic carbocycles. The van der Waals surface area contributed by atoms with Gasteiger partial charge in [-0.3, -0.25) is 9.59 Å². The van der Waals surface area contributed by atoms with Crippen LogP contribution < -0.4 is 10.6 Å². The summed E-state index contributed by atoms with van der Waals surface area (Å²) in [5.74, 6) is -1.13. The van der Waals surface area contributed by atoms with E-state index in [1.54, 1.807) is 0 Å². The maximum absolute atomic E-state index is 12.2. The molecule has 2 aliphatic heterocycles. The molecule has 0 spiro atoms. The largest absolute Gasteiger partial charge is 0.481 e. The number of fused-ring (bicyclic) bond motifs is 1. The maximum atomic E-state index is 12.2. The Balaban J connectivity index is 1.89. The molecule has 3 rings (SSSR count). The lowest BCUT2D eigenvalue weighted by atomic mass is 9.97. The maximum Gasteiger partial charge on any atom is 0.303 e. The Labute approximate surface area is 135 Å². The molecule has 0 bridgehead atoms. The Morgan fingerprint density at radius 2 is 2.09 bits per heavy atom. The van der Waals surface area contributed by atoms with E-state index in [4.69, 9.17) is 5.11 Å². The van der Waals surface area contributed by atoms with Gasteiger partial charge in [-0.25, -0.2) is 0 Å². The van der Waals surface area contributed by atoms with E-state index in [1.807, 2.05) is 44.2 Å². The normalized spacial score (nSPS) is 24.6. The minimum atomic E-state index is -0.793. The van der Waals surface area contributed by atoms with E-state index in [0.717, 1.165) is 28.1 Å². The van der Waals surface area contributed by atoms with Gasteiger partial charge in [-0.1, -0.05) is 18.2 Å². The van der Waals surface area contributed by atoms with Crippen LogP contribution in [0.5, 0.6) is 0 Å². The number of carbonyl (C=O) groups excluding carboxylic acids is 1. The monoisotopic (exact) mass is 312 g/mol. The summed E-state index contributed by atoms with van der Waals surface area (Å²) in [5, 5.41) is 15.1. The van der Waals surface area contributed by atoms with Crippen LogP contribution >= 0.6 is 0 Å². The summed E-state index contributed by atoms with van der Waals surface area (Å²) in [6, 6.07) is 7.78. The summed E-state index contributed by atoms with van der Waals surface area (Å²) < 4.78 is 0. The van der Waals surface area contributed by atoms with Gasteiger partial charge in [0.15, 0.2) is 0 Å². The summed E-state index contributed by atoms with van der Waals surface area (Å²) in [6.07, 6.45) is 2.60. The SMILES string of the molecule is CC1=C(CCC(=O)O)C(C)NC1=CC1C(=O)Nc2ccccc21. The number of para-hydroxylation sites is 1. The molecule has 5 nitrogen and oxygen atoms in total. The fraction of sp³-hybridized carbons (Fsp3) is 0.333. The van der Waals surface area contributed by atoms with E-state index < -0.39 is 5.97 Å². The number of nitrogens with one attached hydrogen (secondary N) is 2. The number of carboxylic acid groups (broad SMARTS) is 1. The number of carbonyl (C=O) groups is 2. The molecule has 5 heteroatoms. The van der Waals surface area contributed by atoms with Gasteiger partial charge in [0, 0.05) is 23.8 Å². The van der Waals surface area contributed by atoms with Crippen molar-refractivity contribution in [2.75, 3.05) is 5.32 Å². The Morgan fingerprint density at radius 1 is 1.35 bits per heavy atom. The van der Waals surface area contributed by atoms with Crippen LogP contribution in [-0.4, -0.2) is 23.0 Å². The molecule has 1 amide bonds. The van der Waals surface area contributed by atoms with Crippen molar-refractivity contribution in [2.45, 2.75) is 38.6 Å². The Morgan fingerprint density at radius 3 is 2.83 bits per heavy atom. The predicted octanol–water partition coefficient (Wildman–Crippen LogP) is 2.78. The second kappa shape index (κ2) is 5.91. The number of rotatable bonds is 4. The number of aliphatic carboxylic acids is 1. The number of allylic oxidation sites excluding steroid dienone is 1. The van der Waals surface area contributed by atoms with Gasteiger partial charge in [-0.15, -0.1) is 0 Å². The van der Waals surface area contributed by atoms with E-state index in [2.05, 4.69) is 10.6 Å². The van der Waals surface area contributed by atoms with Crippen molar-refractivity contribution in [1.29, 1.82) is 0 Å². The van der Waals surface area contributed by atoms with Crippen molar-refractivity contribution in [3.8, 4) is 0 Å². The minimum absolute atomic E-state index is 0.0278. The van der Waals surface area contributed by atoms with Gasteiger partial charge in [0.05, 0.1) is 5.92 Å². The van der Waals surface area contributed by atoms with Gasteiger partial charge in [0.1, 0.15) is 0 Å². The molecule has 0 saturated carbocycles. The van der Waals surface area contributed by atoms with Gasteiger partial charge in [0.25, 0.3) is 0 Å². The molecule has 2 atom stereocenters. The van der Waals surface area contributed by atoms with E-state index in [0.29, 0.717) is 6.42 Å². The summed E-state index contributed by atoms with van der Waals surface area (Å²) in [6.45, 7) is 4.00. The molecule has 120 valence electrons. The molecule has 2 aliphatic rings. The molecule has 0 saturated heterocycles. The van der Waals surface area contributed by atoms with Crippen molar-refractivity contribution in [3.05, 3.63) is 52.7 Å². The van der Waals surface area contributed by atoms with Crippen molar-refractivity contribution < 1.29 is 14.7 Å². The molecule has 2 heterocycles. The number of hydrogen-bond acceptors (Lipinski definition) is 3. The van der Waals surface area contributed by atoms with Gasteiger partial charge in [0.2, 0.25) is 5.91 Å². The molecule has 3 N–H and O–H groups in total. The molecule has 0 aliphatic carbocycles.